The highest BCUT2D eigenvalue weighted by molar-refractivity contribution is 7.17. The standard InChI is InChI=1S/C19H19N3O4S/c1-25-11-7-8-13(15(9-11)26-2)21-17(23)12-10-20-19-22(18(12)24)14-5-3-4-6-16(14)27-19/h7-10H,3-6H2,1-2H3,(H,21,23). The Morgan fingerprint density at radius 1 is 1.22 bits per heavy atom. The van der Waals surface area contributed by atoms with Gasteiger partial charge < -0.3 is 14.8 Å². The molecule has 8 heteroatoms. The molecule has 1 aliphatic carbocycles. The fourth-order valence-corrected chi connectivity index (χ4v) is 4.48. The maximum atomic E-state index is 13.0. The SMILES string of the molecule is COc1ccc(NC(=O)c2cnc3sc4c(n3c2=O)CCCC4)c(OC)c1. The van der Waals surface area contributed by atoms with E-state index in [-0.39, 0.29) is 11.1 Å². The highest BCUT2D eigenvalue weighted by Gasteiger charge is 2.22. The van der Waals surface area contributed by atoms with E-state index < -0.39 is 5.91 Å². The summed E-state index contributed by atoms with van der Waals surface area (Å²) in [5, 5.41) is 2.74. The molecular weight excluding hydrogens is 366 g/mol. The van der Waals surface area contributed by atoms with Crippen molar-refractivity contribution >= 4 is 27.9 Å². The number of hydrogen-bond donors (Lipinski definition) is 1. The van der Waals surface area contributed by atoms with Gasteiger partial charge in [-0.25, -0.2) is 4.98 Å². The molecule has 0 unspecified atom stereocenters. The minimum absolute atomic E-state index is 0.0107. The summed E-state index contributed by atoms with van der Waals surface area (Å²) in [5.74, 6) is 0.545. The third-order valence-corrected chi connectivity index (χ3v) is 5.86. The Kier molecular flexibility index (Phi) is 4.57. The van der Waals surface area contributed by atoms with E-state index in [9.17, 15) is 9.59 Å². The first-order valence-corrected chi connectivity index (χ1v) is 9.49. The summed E-state index contributed by atoms with van der Waals surface area (Å²) in [7, 11) is 3.06. The lowest BCUT2D eigenvalue weighted by molar-refractivity contribution is 0.102. The summed E-state index contributed by atoms with van der Waals surface area (Å²) < 4.78 is 12.0. The number of nitrogens with one attached hydrogen (secondary N) is 1. The zero-order valence-electron chi connectivity index (χ0n) is 15.1. The number of ether oxygens (including phenoxy) is 2. The summed E-state index contributed by atoms with van der Waals surface area (Å²) in [4.78, 5) is 31.9. The number of methoxy groups -OCH3 is 2. The van der Waals surface area contributed by atoms with Gasteiger partial charge in [0.05, 0.1) is 19.9 Å². The second-order valence-electron chi connectivity index (χ2n) is 6.29. The Morgan fingerprint density at radius 3 is 2.81 bits per heavy atom. The van der Waals surface area contributed by atoms with Crippen LogP contribution in [0.2, 0.25) is 0 Å². The molecule has 1 aliphatic rings. The minimum Gasteiger partial charge on any atom is -0.497 e. The van der Waals surface area contributed by atoms with Crippen molar-refractivity contribution in [3.8, 4) is 11.5 Å². The first-order valence-electron chi connectivity index (χ1n) is 8.68. The number of hydrogen-bond acceptors (Lipinski definition) is 6. The Labute approximate surface area is 159 Å². The molecule has 0 spiro atoms. The van der Waals surface area contributed by atoms with Crippen LogP contribution < -0.4 is 20.3 Å². The van der Waals surface area contributed by atoms with E-state index >= 15 is 0 Å². The third-order valence-electron chi connectivity index (χ3n) is 4.70. The predicted molar refractivity (Wildman–Crippen MR) is 103 cm³/mol. The van der Waals surface area contributed by atoms with Gasteiger partial charge in [-0.2, -0.15) is 0 Å². The first kappa shape index (κ1) is 17.5. The molecule has 3 aromatic rings. The maximum absolute atomic E-state index is 13.0. The predicted octanol–water partition coefficient (Wildman–Crippen LogP) is 2.90. The zero-order chi connectivity index (χ0) is 19.0. The molecule has 27 heavy (non-hydrogen) atoms. The number of nitrogens with zero attached hydrogens (tertiary/aromatic N) is 2. The fraction of sp³-hybridized carbons (Fsp3) is 0.316. The van der Waals surface area contributed by atoms with Crippen molar-refractivity contribution in [2.24, 2.45) is 0 Å². The molecule has 2 aromatic heterocycles. The number of carbonyl (C=O) groups excluding carboxylic acids is 1. The number of thiazole rings is 1. The van der Waals surface area contributed by atoms with Gasteiger partial charge >= 0.3 is 0 Å². The molecule has 0 aliphatic heterocycles. The number of aromatic nitrogens is 2. The van der Waals surface area contributed by atoms with Crippen LogP contribution in [0.4, 0.5) is 5.69 Å². The topological polar surface area (TPSA) is 81.9 Å². The van der Waals surface area contributed by atoms with Crippen LogP contribution in [-0.4, -0.2) is 29.5 Å². The van der Waals surface area contributed by atoms with Gasteiger partial charge in [0.2, 0.25) is 0 Å². The molecule has 0 fully saturated rings. The average molecular weight is 385 g/mol. The van der Waals surface area contributed by atoms with Gasteiger partial charge in [0.15, 0.2) is 4.96 Å². The third kappa shape index (κ3) is 3.06. The second-order valence-corrected chi connectivity index (χ2v) is 7.36. The summed E-state index contributed by atoms with van der Waals surface area (Å²) in [5.41, 5.74) is 1.14. The van der Waals surface area contributed by atoms with Gasteiger partial charge in [-0.15, -0.1) is 11.3 Å². The highest BCUT2D eigenvalue weighted by atomic mass is 32.1. The van der Waals surface area contributed by atoms with Gasteiger partial charge in [-0.3, -0.25) is 14.0 Å². The van der Waals surface area contributed by atoms with Gasteiger partial charge in [-0.1, -0.05) is 0 Å². The molecule has 0 saturated heterocycles. The van der Waals surface area contributed by atoms with E-state index in [1.165, 1.54) is 29.5 Å². The Morgan fingerprint density at radius 2 is 2.04 bits per heavy atom. The molecule has 1 aromatic carbocycles. The van der Waals surface area contributed by atoms with Gasteiger partial charge in [0.25, 0.3) is 11.5 Å². The van der Waals surface area contributed by atoms with Crippen molar-refractivity contribution < 1.29 is 14.3 Å². The van der Waals surface area contributed by atoms with Crippen molar-refractivity contribution in [2.75, 3.05) is 19.5 Å². The summed E-state index contributed by atoms with van der Waals surface area (Å²) in [6, 6.07) is 5.05. The van der Waals surface area contributed by atoms with Gasteiger partial charge in [0, 0.05) is 22.8 Å². The molecule has 4 rings (SSSR count). The normalized spacial score (nSPS) is 13.3. The van der Waals surface area contributed by atoms with E-state index in [0.717, 1.165) is 31.4 Å². The highest BCUT2D eigenvalue weighted by Crippen LogP contribution is 2.30. The largest absolute Gasteiger partial charge is 0.497 e. The van der Waals surface area contributed by atoms with Crippen LogP contribution in [0.5, 0.6) is 11.5 Å². The molecule has 0 bridgehead atoms. The Hall–Kier alpha value is -2.87. The van der Waals surface area contributed by atoms with Gasteiger partial charge in [0.1, 0.15) is 17.1 Å². The van der Waals surface area contributed by atoms with Crippen molar-refractivity contribution in [2.45, 2.75) is 25.7 Å². The van der Waals surface area contributed by atoms with Crippen LogP contribution >= 0.6 is 11.3 Å². The molecule has 140 valence electrons. The Balaban J connectivity index is 1.71. The minimum atomic E-state index is -0.513. The monoisotopic (exact) mass is 385 g/mol. The van der Waals surface area contributed by atoms with Crippen LogP contribution in [-0.2, 0) is 12.8 Å². The number of aryl methyl sites for hydroxylation is 2. The molecular formula is C19H19N3O4S. The number of rotatable bonds is 4. The second kappa shape index (κ2) is 7.03. The smallest absolute Gasteiger partial charge is 0.271 e. The average Bonchev–Trinajstić information content (AvgIpc) is 3.07. The van der Waals surface area contributed by atoms with E-state index in [1.807, 2.05) is 0 Å². The number of carbonyl (C=O) groups is 1. The molecule has 0 atom stereocenters. The molecule has 0 radical (unpaired) electrons. The van der Waals surface area contributed by atoms with E-state index in [1.54, 1.807) is 29.7 Å². The van der Waals surface area contributed by atoms with Crippen molar-refractivity contribution in [1.29, 1.82) is 0 Å². The maximum Gasteiger partial charge on any atom is 0.271 e. The Bertz CT molecular complexity index is 1090. The molecule has 2 heterocycles. The number of benzene rings is 1. The van der Waals surface area contributed by atoms with E-state index in [2.05, 4.69) is 10.3 Å². The van der Waals surface area contributed by atoms with Crippen molar-refractivity contribution in [3.63, 3.8) is 0 Å². The number of fused-ring (bicyclic) bond motifs is 3. The number of anilines is 1. The summed E-state index contributed by atoms with van der Waals surface area (Å²) >= 11 is 1.53. The van der Waals surface area contributed by atoms with Crippen LogP contribution in [0.3, 0.4) is 0 Å². The van der Waals surface area contributed by atoms with Crippen molar-refractivity contribution in [3.05, 3.63) is 50.9 Å². The van der Waals surface area contributed by atoms with Crippen LogP contribution in [0, 0.1) is 0 Å². The quantitative estimate of drug-likeness (QED) is 0.747. The number of amides is 1. The molecule has 0 saturated carbocycles. The summed E-state index contributed by atoms with van der Waals surface area (Å²) in [6.07, 6.45) is 5.33. The van der Waals surface area contributed by atoms with E-state index in [4.69, 9.17) is 9.47 Å². The lowest BCUT2D eigenvalue weighted by Gasteiger charge is -2.12. The first-order chi connectivity index (χ1) is 13.1. The summed E-state index contributed by atoms with van der Waals surface area (Å²) in [6.45, 7) is 0. The fourth-order valence-electron chi connectivity index (χ4n) is 3.32. The van der Waals surface area contributed by atoms with Crippen LogP contribution in [0.25, 0.3) is 4.96 Å². The molecule has 7 nitrogen and oxygen atoms in total. The zero-order valence-corrected chi connectivity index (χ0v) is 15.9. The lowest BCUT2D eigenvalue weighted by Crippen LogP contribution is -2.27. The molecule has 1 N–H and O–H groups in total. The van der Waals surface area contributed by atoms with Gasteiger partial charge in [-0.05, 0) is 37.8 Å². The van der Waals surface area contributed by atoms with Crippen molar-refractivity contribution in [1.82, 2.24) is 9.38 Å². The lowest BCUT2D eigenvalue weighted by atomic mass is 10.0. The van der Waals surface area contributed by atoms with E-state index in [0.29, 0.717) is 22.1 Å². The van der Waals surface area contributed by atoms with Crippen LogP contribution in [0.1, 0.15) is 33.8 Å². The van der Waals surface area contributed by atoms with Crippen LogP contribution in [0.15, 0.2) is 29.2 Å². The molecule has 1 amide bonds.